The summed E-state index contributed by atoms with van der Waals surface area (Å²) in [5.74, 6) is 0. The van der Waals surface area contributed by atoms with Crippen LogP contribution in [0.25, 0.3) is 10.9 Å². The summed E-state index contributed by atoms with van der Waals surface area (Å²) >= 11 is 6.14. The van der Waals surface area contributed by atoms with E-state index in [0.717, 1.165) is 22.3 Å². The Morgan fingerprint density at radius 2 is 2.12 bits per heavy atom. The number of aromatic nitrogens is 1. The lowest BCUT2D eigenvalue weighted by molar-refractivity contribution is 0.999. The Balaban J connectivity index is 2.82. The largest absolute Gasteiger partial charge is 0.377 e. The monoisotopic (exact) mass is 235 g/mol. The number of nitrogens with two attached hydrogens (primary N) is 1. The molecular weight excluding hydrogens is 222 g/mol. The molecule has 3 nitrogen and oxygen atoms in total. The van der Waals surface area contributed by atoms with Crippen molar-refractivity contribution in [2.24, 2.45) is 5.73 Å². The molecule has 0 bridgehead atoms. The van der Waals surface area contributed by atoms with Crippen molar-refractivity contribution in [1.29, 1.82) is 0 Å². The number of pyridine rings is 1. The van der Waals surface area contributed by atoms with E-state index in [9.17, 15) is 0 Å². The quantitative estimate of drug-likeness (QED) is 0.869. The summed E-state index contributed by atoms with van der Waals surface area (Å²) in [7, 11) is 3.99. The van der Waals surface area contributed by atoms with Crippen LogP contribution in [-0.2, 0) is 6.54 Å². The van der Waals surface area contributed by atoms with Crippen LogP contribution in [0.4, 0.5) is 5.69 Å². The number of para-hydroxylation sites is 1. The highest BCUT2D eigenvalue weighted by Gasteiger charge is 2.08. The van der Waals surface area contributed by atoms with Gasteiger partial charge in [0.25, 0.3) is 0 Å². The van der Waals surface area contributed by atoms with Crippen molar-refractivity contribution in [2.45, 2.75) is 6.54 Å². The van der Waals surface area contributed by atoms with Gasteiger partial charge in [0.05, 0.1) is 16.2 Å². The van der Waals surface area contributed by atoms with Gasteiger partial charge in [-0.05, 0) is 12.1 Å². The highest BCUT2D eigenvalue weighted by Crippen LogP contribution is 2.29. The van der Waals surface area contributed by atoms with E-state index in [1.807, 2.05) is 43.3 Å². The van der Waals surface area contributed by atoms with E-state index >= 15 is 0 Å². The number of halogens is 1. The number of benzene rings is 1. The molecule has 16 heavy (non-hydrogen) atoms. The smallest absolute Gasteiger partial charge is 0.0912 e. The van der Waals surface area contributed by atoms with Crippen molar-refractivity contribution in [3.05, 3.63) is 35.0 Å². The number of hydrogen-bond acceptors (Lipinski definition) is 3. The molecule has 0 aliphatic carbocycles. The van der Waals surface area contributed by atoms with Gasteiger partial charge < -0.3 is 10.6 Å². The Labute approximate surface area is 99.8 Å². The predicted molar refractivity (Wildman–Crippen MR) is 69.0 cm³/mol. The van der Waals surface area contributed by atoms with Gasteiger partial charge in [0, 0.05) is 31.7 Å². The van der Waals surface area contributed by atoms with E-state index in [2.05, 4.69) is 4.98 Å². The van der Waals surface area contributed by atoms with Gasteiger partial charge >= 0.3 is 0 Å². The Morgan fingerprint density at radius 1 is 1.38 bits per heavy atom. The van der Waals surface area contributed by atoms with Crippen molar-refractivity contribution in [3.8, 4) is 0 Å². The van der Waals surface area contributed by atoms with Crippen LogP contribution in [-0.4, -0.2) is 19.1 Å². The first-order valence-corrected chi connectivity index (χ1v) is 5.47. The normalized spacial score (nSPS) is 10.8. The molecule has 1 aromatic heterocycles. The lowest BCUT2D eigenvalue weighted by Gasteiger charge is -2.16. The number of fused-ring (bicyclic) bond motifs is 1. The summed E-state index contributed by atoms with van der Waals surface area (Å²) in [6.07, 6.45) is 0. The number of rotatable bonds is 2. The lowest BCUT2D eigenvalue weighted by atomic mass is 10.1. The van der Waals surface area contributed by atoms with Gasteiger partial charge in [0.15, 0.2) is 0 Å². The molecule has 2 N–H and O–H groups in total. The van der Waals surface area contributed by atoms with Crippen molar-refractivity contribution in [2.75, 3.05) is 19.0 Å². The minimum atomic E-state index is 0.419. The van der Waals surface area contributed by atoms with Crippen LogP contribution < -0.4 is 10.6 Å². The molecule has 0 radical (unpaired) electrons. The molecule has 0 fully saturated rings. The average Bonchev–Trinajstić information content (AvgIpc) is 2.28. The fourth-order valence-corrected chi connectivity index (χ4v) is 1.94. The van der Waals surface area contributed by atoms with Crippen molar-refractivity contribution in [1.82, 2.24) is 4.98 Å². The van der Waals surface area contributed by atoms with E-state index in [1.54, 1.807) is 0 Å². The molecule has 0 aliphatic rings. The lowest BCUT2D eigenvalue weighted by Crippen LogP contribution is -2.11. The minimum Gasteiger partial charge on any atom is -0.377 e. The average molecular weight is 236 g/mol. The number of nitrogens with zero attached hydrogens (tertiary/aromatic N) is 2. The molecule has 0 saturated carbocycles. The first kappa shape index (κ1) is 11.2. The first-order chi connectivity index (χ1) is 7.63. The molecule has 0 aliphatic heterocycles. The maximum absolute atomic E-state index is 6.14. The van der Waals surface area contributed by atoms with Gasteiger partial charge in [0.2, 0.25) is 0 Å². The van der Waals surface area contributed by atoms with Crippen LogP contribution in [0.3, 0.4) is 0 Å². The van der Waals surface area contributed by atoms with Crippen LogP contribution in [0.2, 0.25) is 5.02 Å². The molecule has 0 atom stereocenters. The van der Waals surface area contributed by atoms with Gasteiger partial charge in [-0.15, -0.1) is 0 Å². The molecule has 1 heterocycles. The van der Waals surface area contributed by atoms with Crippen molar-refractivity contribution >= 4 is 28.2 Å². The second kappa shape index (κ2) is 4.28. The molecule has 2 aromatic rings. The van der Waals surface area contributed by atoms with E-state index in [-0.39, 0.29) is 0 Å². The van der Waals surface area contributed by atoms with Crippen LogP contribution in [0.1, 0.15) is 5.69 Å². The third-order valence-corrected chi connectivity index (χ3v) is 2.82. The molecule has 84 valence electrons. The van der Waals surface area contributed by atoms with E-state index < -0.39 is 0 Å². The molecule has 0 unspecified atom stereocenters. The van der Waals surface area contributed by atoms with Crippen LogP contribution in [0, 0.1) is 0 Å². The summed E-state index contributed by atoms with van der Waals surface area (Å²) in [4.78, 5) is 6.49. The molecule has 4 heteroatoms. The van der Waals surface area contributed by atoms with Gasteiger partial charge in [-0.25, -0.2) is 4.98 Å². The molecule has 0 spiro atoms. The molecular formula is C12H14ClN3. The minimum absolute atomic E-state index is 0.419. The fourth-order valence-electron chi connectivity index (χ4n) is 1.72. The third-order valence-electron chi connectivity index (χ3n) is 2.51. The third kappa shape index (κ3) is 1.84. The molecule has 0 saturated heterocycles. The van der Waals surface area contributed by atoms with Gasteiger partial charge in [0.1, 0.15) is 0 Å². The van der Waals surface area contributed by atoms with Crippen LogP contribution in [0.5, 0.6) is 0 Å². The zero-order valence-electron chi connectivity index (χ0n) is 9.37. The second-order valence-corrected chi connectivity index (χ2v) is 4.27. The van der Waals surface area contributed by atoms with Gasteiger partial charge in [-0.1, -0.05) is 23.7 Å². The maximum Gasteiger partial charge on any atom is 0.0912 e. The van der Waals surface area contributed by atoms with Crippen LogP contribution in [0.15, 0.2) is 24.3 Å². The summed E-state index contributed by atoms with van der Waals surface area (Å²) in [6.45, 7) is 0.419. The topological polar surface area (TPSA) is 42.1 Å². The van der Waals surface area contributed by atoms with Gasteiger partial charge in [-0.3, -0.25) is 0 Å². The Kier molecular flexibility index (Phi) is 2.99. The fraction of sp³-hybridized carbons (Fsp3) is 0.250. The zero-order chi connectivity index (χ0) is 11.7. The molecule has 1 aromatic carbocycles. The van der Waals surface area contributed by atoms with E-state index in [4.69, 9.17) is 17.3 Å². The van der Waals surface area contributed by atoms with Crippen molar-refractivity contribution in [3.63, 3.8) is 0 Å². The molecule has 0 amide bonds. The predicted octanol–water partition coefficient (Wildman–Crippen LogP) is 2.41. The number of anilines is 1. The van der Waals surface area contributed by atoms with Crippen LogP contribution >= 0.6 is 11.6 Å². The SMILES string of the molecule is CN(C)c1cc(CN)nc2c(Cl)cccc12. The van der Waals surface area contributed by atoms with E-state index in [1.165, 1.54) is 0 Å². The molecule has 2 rings (SSSR count). The highest BCUT2D eigenvalue weighted by atomic mass is 35.5. The van der Waals surface area contributed by atoms with Gasteiger partial charge in [-0.2, -0.15) is 0 Å². The number of hydrogen-bond donors (Lipinski definition) is 1. The summed E-state index contributed by atoms with van der Waals surface area (Å²) < 4.78 is 0. The summed E-state index contributed by atoms with van der Waals surface area (Å²) in [5.41, 5.74) is 8.39. The van der Waals surface area contributed by atoms with Crippen molar-refractivity contribution < 1.29 is 0 Å². The standard InChI is InChI=1S/C12H14ClN3/c1-16(2)11-6-8(7-14)15-12-9(11)4-3-5-10(12)13/h3-6H,7,14H2,1-2H3. The second-order valence-electron chi connectivity index (χ2n) is 3.87. The first-order valence-electron chi connectivity index (χ1n) is 5.09. The summed E-state index contributed by atoms with van der Waals surface area (Å²) in [5, 5.41) is 1.71. The summed E-state index contributed by atoms with van der Waals surface area (Å²) in [6, 6.07) is 7.79. The maximum atomic E-state index is 6.14. The Bertz CT molecular complexity index is 523. The Hall–Kier alpha value is -1.32. The Morgan fingerprint density at radius 3 is 2.75 bits per heavy atom. The van der Waals surface area contributed by atoms with E-state index in [0.29, 0.717) is 11.6 Å². The highest BCUT2D eigenvalue weighted by molar-refractivity contribution is 6.35. The zero-order valence-corrected chi connectivity index (χ0v) is 10.1.